The molecule has 0 radical (unpaired) electrons. The van der Waals surface area contributed by atoms with E-state index in [9.17, 15) is 4.79 Å². The Kier molecular flexibility index (Phi) is 4.29. The van der Waals surface area contributed by atoms with Gasteiger partial charge in [-0.1, -0.05) is 27.2 Å². The van der Waals surface area contributed by atoms with Crippen molar-refractivity contribution in [1.29, 1.82) is 0 Å². The van der Waals surface area contributed by atoms with E-state index >= 15 is 0 Å². The standard InChI is InChI=1S/C19H34N2O2/c1-5-23-16(22)15(20)19(21-11-7-6-8-12-21)13-14-9-10-18(19,4)17(14,2)3/h14-15H,5-13,20H2,1-4H3/t14-,15-,18+,19+/m1/s1. The highest BCUT2D eigenvalue weighted by atomic mass is 16.5. The number of esters is 1. The van der Waals surface area contributed by atoms with Crippen LogP contribution in [0.2, 0.25) is 0 Å². The Morgan fingerprint density at radius 3 is 2.39 bits per heavy atom. The van der Waals surface area contributed by atoms with Crippen LogP contribution in [0.5, 0.6) is 0 Å². The Balaban J connectivity index is 2.03. The molecule has 0 aromatic carbocycles. The molecule has 2 saturated carbocycles. The van der Waals surface area contributed by atoms with Gasteiger partial charge in [-0.05, 0) is 68.9 Å². The van der Waals surface area contributed by atoms with Gasteiger partial charge in [0, 0.05) is 0 Å². The summed E-state index contributed by atoms with van der Waals surface area (Å²) in [6.45, 7) is 11.6. The molecule has 4 heteroatoms. The van der Waals surface area contributed by atoms with Crippen LogP contribution < -0.4 is 5.73 Å². The number of nitrogens with zero attached hydrogens (tertiary/aromatic N) is 1. The molecule has 2 bridgehead atoms. The van der Waals surface area contributed by atoms with E-state index in [-0.39, 0.29) is 22.3 Å². The van der Waals surface area contributed by atoms with E-state index < -0.39 is 6.04 Å². The molecule has 23 heavy (non-hydrogen) atoms. The molecule has 0 spiro atoms. The highest BCUT2D eigenvalue weighted by Crippen LogP contribution is 2.72. The Bertz CT molecular complexity index is 472. The Hall–Kier alpha value is -0.610. The van der Waals surface area contributed by atoms with Gasteiger partial charge in [-0.15, -0.1) is 0 Å². The van der Waals surface area contributed by atoms with Crippen molar-refractivity contribution in [2.45, 2.75) is 77.8 Å². The summed E-state index contributed by atoms with van der Waals surface area (Å²) in [5.41, 5.74) is 6.73. The molecule has 1 saturated heterocycles. The fourth-order valence-electron chi connectivity index (χ4n) is 6.19. The zero-order valence-electron chi connectivity index (χ0n) is 15.4. The first-order valence-electron chi connectivity index (χ1n) is 9.48. The summed E-state index contributed by atoms with van der Waals surface area (Å²) in [5, 5.41) is 0. The summed E-state index contributed by atoms with van der Waals surface area (Å²) in [6, 6.07) is -0.532. The molecule has 4 nitrogen and oxygen atoms in total. The molecule has 3 rings (SSSR count). The van der Waals surface area contributed by atoms with Crippen LogP contribution in [0, 0.1) is 16.7 Å². The molecule has 2 aliphatic carbocycles. The van der Waals surface area contributed by atoms with Crippen LogP contribution in [0.15, 0.2) is 0 Å². The van der Waals surface area contributed by atoms with E-state index in [1.54, 1.807) is 0 Å². The molecular formula is C19H34N2O2. The van der Waals surface area contributed by atoms with Gasteiger partial charge < -0.3 is 10.5 Å². The number of fused-ring (bicyclic) bond motifs is 2. The fraction of sp³-hybridized carbons (Fsp3) is 0.947. The number of nitrogens with two attached hydrogens (primary N) is 1. The number of rotatable bonds is 4. The molecule has 0 aromatic rings. The monoisotopic (exact) mass is 322 g/mol. The number of likely N-dealkylation sites (tertiary alicyclic amines) is 1. The second kappa shape index (κ2) is 5.73. The van der Waals surface area contributed by atoms with Gasteiger partial charge in [0.2, 0.25) is 0 Å². The van der Waals surface area contributed by atoms with E-state index in [2.05, 4.69) is 25.7 Å². The van der Waals surface area contributed by atoms with Crippen molar-refractivity contribution in [1.82, 2.24) is 4.90 Å². The molecule has 0 aromatic heterocycles. The van der Waals surface area contributed by atoms with Crippen LogP contribution >= 0.6 is 0 Å². The van der Waals surface area contributed by atoms with Crippen molar-refractivity contribution >= 4 is 5.97 Å². The number of carbonyl (C=O) groups is 1. The lowest BCUT2D eigenvalue weighted by Gasteiger charge is -2.57. The Morgan fingerprint density at radius 2 is 1.91 bits per heavy atom. The fourth-order valence-corrected chi connectivity index (χ4v) is 6.19. The molecule has 1 aliphatic heterocycles. The van der Waals surface area contributed by atoms with Crippen LogP contribution in [0.3, 0.4) is 0 Å². The molecule has 4 atom stereocenters. The van der Waals surface area contributed by atoms with E-state index in [0.29, 0.717) is 12.5 Å². The van der Waals surface area contributed by atoms with Gasteiger partial charge in [0.25, 0.3) is 0 Å². The molecule has 3 fully saturated rings. The summed E-state index contributed by atoms with van der Waals surface area (Å²) < 4.78 is 5.36. The lowest BCUT2D eigenvalue weighted by molar-refractivity contribution is -0.156. The SMILES string of the molecule is CCOC(=O)[C@@H](N)[C@@]1(N2CCCCC2)C[C@H]2CC[C@@]1(C)C2(C)C. The van der Waals surface area contributed by atoms with Crippen molar-refractivity contribution in [3.63, 3.8) is 0 Å². The van der Waals surface area contributed by atoms with Crippen LogP contribution in [0.25, 0.3) is 0 Å². The minimum atomic E-state index is -0.532. The molecular weight excluding hydrogens is 288 g/mol. The Labute approximate surface area is 141 Å². The maximum atomic E-state index is 12.6. The van der Waals surface area contributed by atoms with Crippen LogP contribution in [-0.2, 0) is 9.53 Å². The highest BCUT2D eigenvalue weighted by Gasteiger charge is 2.73. The van der Waals surface area contributed by atoms with Crippen molar-refractivity contribution in [3.05, 3.63) is 0 Å². The van der Waals surface area contributed by atoms with E-state index in [1.165, 1.54) is 32.1 Å². The molecule has 0 amide bonds. The van der Waals surface area contributed by atoms with Gasteiger partial charge in [0.1, 0.15) is 6.04 Å². The topological polar surface area (TPSA) is 55.6 Å². The minimum absolute atomic E-state index is 0.0776. The molecule has 132 valence electrons. The maximum Gasteiger partial charge on any atom is 0.324 e. The first kappa shape index (κ1) is 17.2. The number of ether oxygens (including phenoxy) is 1. The molecule has 2 N–H and O–H groups in total. The zero-order chi connectivity index (χ0) is 16.9. The average molecular weight is 322 g/mol. The zero-order valence-corrected chi connectivity index (χ0v) is 15.4. The van der Waals surface area contributed by atoms with Gasteiger partial charge in [-0.2, -0.15) is 0 Å². The first-order chi connectivity index (χ1) is 10.8. The lowest BCUT2D eigenvalue weighted by atomic mass is 9.59. The Morgan fingerprint density at radius 1 is 1.26 bits per heavy atom. The lowest BCUT2D eigenvalue weighted by Crippen LogP contribution is -2.70. The average Bonchev–Trinajstić information content (AvgIpc) is 2.87. The second-order valence-electron chi connectivity index (χ2n) is 8.70. The van der Waals surface area contributed by atoms with Gasteiger partial charge in [-0.3, -0.25) is 9.69 Å². The first-order valence-corrected chi connectivity index (χ1v) is 9.48. The second-order valence-corrected chi connectivity index (χ2v) is 8.70. The minimum Gasteiger partial charge on any atom is -0.465 e. The predicted octanol–water partition coefficient (Wildman–Crippen LogP) is 2.95. The number of hydrogen-bond acceptors (Lipinski definition) is 4. The van der Waals surface area contributed by atoms with Crippen LogP contribution in [0.4, 0.5) is 0 Å². The molecule has 1 heterocycles. The largest absolute Gasteiger partial charge is 0.465 e. The molecule has 3 aliphatic rings. The normalized spacial score (nSPS) is 41.0. The summed E-state index contributed by atoms with van der Waals surface area (Å²) in [5.74, 6) is 0.456. The predicted molar refractivity (Wildman–Crippen MR) is 92.0 cm³/mol. The van der Waals surface area contributed by atoms with Gasteiger partial charge in [0.15, 0.2) is 0 Å². The third-order valence-electron chi connectivity index (χ3n) is 7.92. The van der Waals surface area contributed by atoms with Crippen molar-refractivity contribution in [3.8, 4) is 0 Å². The van der Waals surface area contributed by atoms with Gasteiger partial charge in [-0.25, -0.2) is 0 Å². The van der Waals surface area contributed by atoms with Crippen LogP contribution in [-0.4, -0.2) is 42.1 Å². The highest BCUT2D eigenvalue weighted by molar-refractivity contribution is 5.78. The maximum absolute atomic E-state index is 12.6. The summed E-state index contributed by atoms with van der Waals surface area (Å²) >= 11 is 0. The summed E-state index contributed by atoms with van der Waals surface area (Å²) in [6.07, 6.45) is 7.24. The van der Waals surface area contributed by atoms with Gasteiger partial charge in [0.05, 0.1) is 12.1 Å². The number of piperidine rings is 1. The number of hydrogen-bond donors (Lipinski definition) is 1. The third kappa shape index (κ3) is 2.13. The summed E-state index contributed by atoms with van der Waals surface area (Å²) in [7, 11) is 0. The smallest absolute Gasteiger partial charge is 0.324 e. The summed E-state index contributed by atoms with van der Waals surface area (Å²) in [4.78, 5) is 15.2. The third-order valence-corrected chi connectivity index (χ3v) is 7.92. The van der Waals surface area contributed by atoms with E-state index in [0.717, 1.165) is 19.5 Å². The van der Waals surface area contributed by atoms with Crippen LogP contribution in [0.1, 0.15) is 66.2 Å². The van der Waals surface area contributed by atoms with Crippen molar-refractivity contribution < 1.29 is 9.53 Å². The number of carbonyl (C=O) groups excluding carboxylic acids is 1. The molecule has 0 unspecified atom stereocenters. The van der Waals surface area contributed by atoms with Gasteiger partial charge >= 0.3 is 5.97 Å². The van der Waals surface area contributed by atoms with E-state index in [1.807, 2.05) is 6.92 Å². The quantitative estimate of drug-likeness (QED) is 0.809. The van der Waals surface area contributed by atoms with E-state index in [4.69, 9.17) is 10.5 Å². The van der Waals surface area contributed by atoms with Crippen molar-refractivity contribution in [2.75, 3.05) is 19.7 Å². The van der Waals surface area contributed by atoms with Crippen molar-refractivity contribution in [2.24, 2.45) is 22.5 Å².